The lowest BCUT2D eigenvalue weighted by Gasteiger charge is -2.20. The Morgan fingerprint density at radius 1 is 1.44 bits per heavy atom. The van der Waals surface area contributed by atoms with Gasteiger partial charge < -0.3 is 10.6 Å². The molecule has 1 aliphatic rings. The van der Waals surface area contributed by atoms with Crippen molar-refractivity contribution in [2.24, 2.45) is 0 Å². The van der Waals surface area contributed by atoms with Crippen LogP contribution in [-0.2, 0) is 4.79 Å². The highest BCUT2D eigenvalue weighted by Gasteiger charge is 2.26. The van der Waals surface area contributed by atoms with Crippen LogP contribution in [0.5, 0.6) is 0 Å². The van der Waals surface area contributed by atoms with Gasteiger partial charge in [0.1, 0.15) is 0 Å². The minimum atomic E-state index is 0.113. The molecule has 0 aliphatic heterocycles. The zero-order valence-electron chi connectivity index (χ0n) is 10.6. The average molecular weight is 244 g/mol. The lowest BCUT2D eigenvalue weighted by molar-refractivity contribution is -0.120. The maximum Gasteiger partial charge on any atom is 0.234 e. The Labute approximate surface area is 103 Å². The Morgan fingerprint density at radius 3 is 2.81 bits per heavy atom. The summed E-state index contributed by atoms with van der Waals surface area (Å²) in [7, 11) is 0. The molecule has 0 aromatic rings. The standard InChI is InChI=1S/C12H24N2OS/c1-4-16-11-7-5-6-10(11)13-8-12(15)14-9(2)3/h9-11,13H,4-8H2,1-3H3,(H,14,15). The molecule has 4 heteroatoms. The topological polar surface area (TPSA) is 41.1 Å². The summed E-state index contributed by atoms with van der Waals surface area (Å²) in [6, 6.07) is 0.765. The summed E-state index contributed by atoms with van der Waals surface area (Å²) in [5.74, 6) is 1.28. The van der Waals surface area contributed by atoms with Crippen molar-refractivity contribution in [3.8, 4) is 0 Å². The van der Waals surface area contributed by atoms with Crippen LogP contribution < -0.4 is 10.6 Å². The molecule has 0 aromatic carbocycles. The van der Waals surface area contributed by atoms with Gasteiger partial charge in [-0.15, -0.1) is 0 Å². The first-order chi connectivity index (χ1) is 7.63. The maximum atomic E-state index is 11.5. The predicted octanol–water partition coefficient (Wildman–Crippen LogP) is 1.77. The molecule has 2 atom stereocenters. The summed E-state index contributed by atoms with van der Waals surface area (Å²) in [6.45, 7) is 6.64. The van der Waals surface area contributed by atoms with Crippen LogP contribution in [0, 0.1) is 0 Å². The molecule has 2 N–H and O–H groups in total. The maximum absolute atomic E-state index is 11.5. The number of hydrogen-bond acceptors (Lipinski definition) is 3. The molecule has 1 rings (SSSR count). The number of amides is 1. The second kappa shape index (κ2) is 7.17. The molecule has 0 saturated heterocycles. The Balaban J connectivity index is 2.23. The third kappa shape index (κ3) is 4.74. The van der Waals surface area contributed by atoms with E-state index >= 15 is 0 Å². The van der Waals surface area contributed by atoms with Crippen LogP contribution in [0.15, 0.2) is 0 Å². The van der Waals surface area contributed by atoms with Crippen molar-refractivity contribution in [2.75, 3.05) is 12.3 Å². The van der Waals surface area contributed by atoms with Crippen LogP contribution >= 0.6 is 11.8 Å². The highest BCUT2D eigenvalue weighted by molar-refractivity contribution is 7.99. The molecule has 16 heavy (non-hydrogen) atoms. The second-order valence-electron chi connectivity index (χ2n) is 4.63. The van der Waals surface area contributed by atoms with Crippen LogP contribution in [0.2, 0.25) is 0 Å². The van der Waals surface area contributed by atoms with Crippen LogP contribution in [0.4, 0.5) is 0 Å². The predicted molar refractivity (Wildman–Crippen MR) is 70.8 cm³/mol. The smallest absolute Gasteiger partial charge is 0.234 e. The Kier molecular flexibility index (Phi) is 6.21. The van der Waals surface area contributed by atoms with Crippen molar-refractivity contribution in [1.29, 1.82) is 0 Å². The van der Waals surface area contributed by atoms with Gasteiger partial charge in [-0.1, -0.05) is 13.3 Å². The van der Waals surface area contributed by atoms with E-state index in [4.69, 9.17) is 0 Å². The van der Waals surface area contributed by atoms with Gasteiger partial charge in [0.2, 0.25) is 5.91 Å². The molecule has 1 saturated carbocycles. The lowest BCUT2D eigenvalue weighted by Crippen LogP contribution is -2.43. The van der Waals surface area contributed by atoms with E-state index in [1.165, 1.54) is 25.0 Å². The quantitative estimate of drug-likeness (QED) is 0.748. The molecule has 0 radical (unpaired) electrons. The van der Waals surface area contributed by atoms with E-state index in [1.54, 1.807) is 0 Å². The van der Waals surface area contributed by atoms with E-state index in [0.717, 1.165) is 0 Å². The lowest BCUT2D eigenvalue weighted by atomic mass is 10.2. The van der Waals surface area contributed by atoms with Gasteiger partial charge >= 0.3 is 0 Å². The highest BCUT2D eigenvalue weighted by atomic mass is 32.2. The molecule has 1 amide bonds. The van der Waals surface area contributed by atoms with Gasteiger partial charge in [-0.2, -0.15) is 11.8 Å². The molecule has 2 unspecified atom stereocenters. The molecular formula is C12H24N2OS. The first-order valence-corrected chi connectivity index (χ1v) is 7.32. The molecule has 0 bridgehead atoms. The van der Waals surface area contributed by atoms with Crippen molar-refractivity contribution in [3.05, 3.63) is 0 Å². The Bertz CT molecular complexity index is 221. The number of thioether (sulfide) groups is 1. The average Bonchev–Trinajstić information content (AvgIpc) is 2.62. The summed E-state index contributed by atoms with van der Waals surface area (Å²) in [6.07, 6.45) is 3.80. The first kappa shape index (κ1) is 13.8. The zero-order valence-corrected chi connectivity index (χ0v) is 11.4. The Hall–Kier alpha value is -0.220. The monoisotopic (exact) mass is 244 g/mol. The molecule has 1 aliphatic carbocycles. The normalized spacial score (nSPS) is 25.0. The fraction of sp³-hybridized carbons (Fsp3) is 0.917. The first-order valence-electron chi connectivity index (χ1n) is 6.27. The number of nitrogens with one attached hydrogen (secondary N) is 2. The van der Waals surface area contributed by atoms with E-state index in [0.29, 0.717) is 17.8 Å². The number of carbonyl (C=O) groups excluding carboxylic acids is 1. The zero-order chi connectivity index (χ0) is 12.0. The van der Waals surface area contributed by atoms with Crippen molar-refractivity contribution in [2.45, 2.75) is 57.4 Å². The summed E-state index contributed by atoms with van der Waals surface area (Å²) < 4.78 is 0. The van der Waals surface area contributed by atoms with Gasteiger partial charge in [-0.3, -0.25) is 4.79 Å². The molecular weight excluding hydrogens is 220 g/mol. The van der Waals surface area contributed by atoms with Crippen molar-refractivity contribution >= 4 is 17.7 Å². The van der Waals surface area contributed by atoms with E-state index in [1.807, 2.05) is 25.6 Å². The van der Waals surface area contributed by atoms with Gasteiger partial charge in [0.15, 0.2) is 0 Å². The molecule has 0 heterocycles. The van der Waals surface area contributed by atoms with Gasteiger partial charge in [0.05, 0.1) is 6.54 Å². The van der Waals surface area contributed by atoms with Crippen molar-refractivity contribution in [3.63, 3.8) is 0 Å². The van der Waals surface area contributed by atoms with E-state index in [-0.39, 0.29) is 11.9 Å². The van der Waals surface area contributed by atoms with Crippen LogP contribution in [-0.4, -0.2) is 35.5 Å². The second-order valence-corrected chi connectivity index (χ2v) is 6.15. The van der Waals surface area contributed by atoms with Crippen LogP contribution in [0.1, 0.15) is 40.0 Å². The summed E-state index contributed by atoms with van der Waals surface area (Å²) >= 11 is 2.02. The summed E-state index contributed by atoms with van der Waals surface area (Å²) in [5, 5.41) is 7.00. The van der Waals surface area contributed by atoms with E-state index < -0.39 is 0 Å². The summed E-state index contributed by atoms with van der Waals surface area (Å²) in [5.41, 5.74) is 0. The fourth-order valence-corrected chi connectivity index (χ4v) is 3.40. The fourth-order valence-electron chi connectivity index (χ4n) is 2.17. The van der Waals surface area contributed by atoms with E-state index in [9.17, 15) is 4.79 Å². The largest absolute Gasteiger partial charge is 0.353 e. The van der Waals surface area contributed by atoms with Gasteiger partial charge in [-0.05, 0) is 32.4 Å². The van der Waals surface area contributed by atoms with Crippen LogP contribution in [0.3, 0.4) is 0 Å². The molecule has 3 nitrogen and oxygen atoms in total. The van der Waals surface area contributed by atoms with Gasteiger partial charge in [-0.25, -0.2) is 0 Å². The number of hydrogen-bond donors (Lipinski definition) is 2. The minimum absolute atomic E-state index is 0.113. The van der Waals surface area contributed by atoms with Crippen molar-refractivity contribution in [1.82, 2.24) is 10.6 Å². The molecule has 0 spiro atoms. The molecule has 94 valence electrons. The third-order valence-electron chi connectivity index (χ3n) is 2.81. The van der Waals surface area contributed by atoms with Gasteiger partial charge in [0.25, 0.3) is 0 Å². The number of carbonyl (C=O) groups is 1. The highest BCUT2D eigenvalue weighted by Crippen LogP contribution is 2.29. The minimum Gasteiger partial charge on any atom is -0.353 e. The Morgan fingerprint density at radius 2 is 2.19 bits per heavy atom. The molecule has 1 fully saturated rings. The SMILES string of the molecule is CCSC1CCCC1NCC(=O)NC(C)C. The van der Waals surface area contributed by atoms with Gasteiger partial charge in [0, 0.05) is 17.3 Å². The van der Waals surface area contributed by atoms with Crippen LogP contribution in [0.25, 0.3) is 0 Å². The molecule has 0 aromatic heterocycles. The number of rotatable bonds is 6. The van der Waals surface area contributed by atoms with Crippen molar-refractivity contribution < 1.29 is 4.79 Å². The third-order valence-corrected chi connectivity index (χ3v) is 4.13. The van der Waals surface area contributed by atoms with E-state index in [2.05, 4.69) is 17.6 Å². The summed E-state index contributed by atoms with van der Waals surface area (Å²) in [4.78, 5) is 11.5.